The van der Waals surface area contributed by atoms with E-state index in [0.29, 0.717) is 24.3 Å². The zero-order chi connectivity index (χ0) is 21.5. The minimum absolute atomic E-state index is 0.0410. The molecular weight excluding hydrogens is 417 g/mol. The average Bonchev–Trinajstić information content (AvgIpc) is 3.06. The van der Waals surface area contributed by atoms with Gasteiger partial charge in [-0.2, -0.15) is 0 Å². The van der Waals surface area contributed by atoms with E-state index in [2.05, 4.69) is 5.32 Å². The van der Waals surface area contributed by atoms with Gasteiger partial charge in [-0.1, -0.05) is 13.3 Å². The van der Waals surface area contributed by atoms with Crippen molar-refractivity contribution in [2.45, 2.75) is 32.6 Å². The van der Waals surface area contributed by atoms with Crippen LogP contribution in [0.5, 0.6) is 0 Å². The van der Waals surface area contributed by atoms with Crippen molar-refractivity contribution in [2.24, 2.45) is 5.92 Å². The van der Waals surface area contributed by atoms with Crippen LogP contribution in [0.15, 0.2) is 0 Å². The van der Waals surface area contributed by atoms with Crippen LogP contribution in [0.2, 0.25) is 0 Å². The quantitative estimate of drug-likeness (QED) is 0.320. The summed E-state index contributed by atoms with van der Waals surface area (Å²) < 4.78 is 72.7. The van der Waals surface area contributed by atoms with Gasteiger partial charge in [-0.25, -0.2) is 26.7 Å². The molecule has 3 rings (SSSR count). The third-order valence-corrected chi connectivity index (χ3v) is 6.17. The highest BCUT2D eigenvalue weighted by molar-refractivity contribution is 7.17. The summed E-state index contributed by atoms with van der Waals surface area (Å²) in [6.07, 6.45) is 2.93. The summed E-state index contributed by atoms with van der Waals surface area (Å²) in [4.78, 5) is 25.4. The normalized spacial score (nSPS) is 15.8. The van der Waals surface area contributed by atoms with E-state index in [1.54, 1.807) is 0 Å². The van der Waals surface area contributed by atoms with Crippen LogP contribution >= 0.6 is 11.3 Å². The second-order valence-corrected chi connectivity index (χ2v) is 7.72. The van der Waals surface area contributed by atoms with E-state index in [1.165, 1.54) is 0 Å². The maximum atomic E-state index is 13.9. The molecule has 0 saturated heterocycles. The van der Waals surface area contributed by atoms with Crippen LogP contribution < -0.4 is 5.32 Å². The third-order valence-electron chi connectivity index (χ3n) is 5.00. The minimum Gasteiger partial charge on any atom is -0.465 e. The first-order chi connectivity index (χ1) is 13.7. The summed E-state index contributed by atoms with van der Waals surface area (Å²) in [7, 11) is 1.14. The Morgan fingerprint density at radius 1 is 1.03 bits per heavy atom. The number of benzene rings is 1. The molecule has 0 spiro atoms. The average molecular weight is 433 g/mol. The van der Waals surface area contributed by atoms with E-state index in [-0.39, 0.29) is 10.6 Å². The molecule has 0 unspecified atom stereocenters. The van der Waals surface area contributed by atoms with Gasteiger partial charge in [0.05, 0.1) is 12.7 Å². The van der Waals surface area contributed by atoms with E-state index in [9.17, 15) is 31.5 Å². The van der Waals surface area contributed by atoms with Crippen molar-refractivity contribution >= 4 is 28.2 Å². The van der Waals surface area contributed by atoms with Crippen molar-refractivity contribution in [3.8, 4) is 0 Å². The fourth-order valence-corrected chi connectivity index (χ4v) is 4.72. The summed E-state index contributed by atoms with van der Waals surface area (Å²) in [5, 5.41) is 2.08. The van der Waals surface area contributed by atoms with Crippen molar-refractivity contribution in [3.05, 3.63) is 50.7 Å². The highest BCUT2D eigenvalue weighted by atomic mass is 32.1. The van der Waals surface area contributed by atoms with Crippen molar-refractivity contribution in [1.29, 1.82) is 0 Å². The molecule has 4 nitrogen and oxygen atoms in total. The zero-order valence-electron chi connectivity index (χ0n) is 15.4. The summed E-state index contributed by atoms with van der Waals surface area (Å²) in [5.41, 5.74) is -0.909. The molecule has 1 aromatic heterocycles. The number of rotatable bonds is 4. The highest BCUT2D eigenvalue weighted by Crippen LogP contribution is 2.41. The molecule has 1 N–H and O–H groups in total. The van der Waals surface area contributed by atoms with Crippen LogP contribution in [-0.2, 0) is 17.6 Å². The molecule has 29 heavy (non-hydrogen) atoms. The first-order valence-electron chi connectivity index (χ1n) is 8.76. The first-order valence-corrected chi connectivity index (χ1v) is 9.58. The molecule has 0 aliphatic heterocycles. The van der Waals surface area contributed by atoms with Gasteiger partial charge in [-0.05, 0) is 30.7 Å². The van der Waals surface area contributed by atoms with Crippen molar-refractivity contribution < 1.29 is 36.3 Å². The van der Waals surface area contributed by atoms with Crippen LogP contribution in [0.3, 0.4) is 0 Å². The second-order valence-electron chi connectivity index (χ2n) is 6.62. The molecule has 1 aromatic carbocycles. The van der Waals surface area contributed by atoms with Crippen LogP contribution in [0.25, 0.3) is 0 Å². The zero-order valence-corrected chi connectivity index (χ0v) is 16.2. The molecule has 0 bridgehead atoms. The molecule has 1 aliphatic carbocycles. The van der Waals surface area contributed by atoms with E-state index in [0.717, 1.165) is 36.2 Å². The van der Waals surface area contributed by atoms with E-state index in [1.807, 2.05) is 6.92 Å². The Bertz CT molecular complexity index is 975. The van der Waals surface area contributed by atoms with E-state index < -0.39 is 46.5 Å². The predicted octanol–water partition coefficient (Wildman–Crippen LogP) is 5.00. The molecule has 0 saturated carbocycles. The van der Waals surface area contributed by atoms with Crippen molar-refractivity contribution in [2.75, 3.05) is 12.4 Å². The number of amides is 1. The summed E-state index contributed by atoms with van der Waals surface area (Å²) >= 11 is 1.03. The van der Waals surface area contributed by atoms with Crippen molar-refractivity contribution in [1.82, 2.24) is 0 Å². The summed E-state index contributed by atoms with van der Waals surface area (Å²) in [6, 6.07) is 0. The van der Waals surface area contributed by atoms with Crippen LogP contribution in [0.4, 0.5) is 27.0 Å². The lowest BCUT2D eigenvalue weighted by atomic mass is 9.85. The second kappa shape index (κ2) is 8.10. The number of nitrogens with one attached hydrogen (secondary N) is 1. The number of carbonyl (C=O) groups is 2. The molecular formula is C19H16F5NO3S. The number of halogens is 5. The third kappa shape index (κ3) is 3.61. The van der Waals surface area contributed by atoms with Gasteiger partial charge in [-0.3, -0.25) is 4.79 Å². The Morgan fingerprint density at radius 2 is 1.62 bits per heavy atom. The molecule has 1 atom stereocenters. The lowest BCUT2D eigenvalue weighted by Crippen LogP contribution is -2.20. The van der Waals surface area contributed by atoms with Gasteiger partial charge in [0.1, 0.15) is 10.6 Å². The molecule has 10 heteroatoms. The largest absolute Gasteiger partial charge is 0.465 e. The molecule has 2 aromatic rings. The fourth-order valence-electron chi connectivity index (χ4n) is 3.38. The summed E-state index contributed by atoms with van der Waals surface area (Å²) in [6.45, 7) is 2.02. The number of thiophene rings is 1. The Hall–Kier alpha value is -2.49. The van der Waals surface area contributed by atoms with Gasteiger partial charge >= 0.3 is 5.97 Å². The Balaban J connectivity index is 2.04. The number of esters is 1. The Kier molecular flexibility index (Phi) is 5.92. The smallest absolute Gasteiger partial charge is 0.341 e. The van der Waals surface area contributed by atoms with Gasteiger partial charge in [0.15, 0.2) is 23.3 Å². The van der Waals surface area contributed by atoms with Crippen LogP contribution in [0, 0.1) is 35.0 Å². The number of methoxy groups -OCH3 is 1. The molecule has 1 aliphatic rings. The molecule has 0 fully saturated rings. The monoisotopic (exact) mass is 433 g/mol. The number of anilines is 1. The molecule has 1 amide bonds. The Morgan fingerprint density at radius 3 is 2.17 bits per heavy atom. The number of hydrogen-bond donors (Lipinski definition) is 1. The highest BCUT2D eigenvalue weighted by Gasteiger charge is 2.33. The predicted molar refractivity (Wildman–Crippen MR) is 95.6 cm³/mol. The molecule has 156 valence electrons. The van der Waals surface area contributed by atoms with Crippen LogP contribution in [-0.4, -0.2) is 19.0 Å². The number of fused-ring (bicyclic) bond motifs is 1. The van der Waals surface area contributed by atoms with Gasteiger partial charge in [0, 0.05) is 4.88 Å². The summed E-state index contributed by atoms with van der Waals surface area (Å²) in [5.74, 6) is -13.2. The van der Waals surface area contributed by atoms with E-state index in [4.69, 9.17) is 4.74 Å². The number of carbonyl (C=O) groups excluding carboxylic acids is 2. The topological polar surface area (TPSA) is 55.4 Å². The standard InChI is InChI=1S/C19H16F5NO3S/c1-3-7-4-5-8-9(6-7)29-18(10(8)19(27)28-2)25-17(26)11-12(20)14(22)16(24)15(23)13(11)21/h7H,3-6H2,1-2H3,(H,25,26)/t7-/m0/s1. The van der Waals surface area contributed by atoms with Gasteiger partial charge < -0.3 is 10.1 Å². The maximum absolute atomic E-state index is 13.9. The molecule has 0 radical (unpaired) electrons. The van der Waals surface area contributed by atoms with Gasteiger partial charge in [0.25, 0.3) is 5.91 Å². The van der Waals surface area contributed by atoms with Gasteiger partial charge in [-0.15, -0.1) is 11.3 Å². The minimum atomic E-state index is -2.36. The SMILES string of the molecule is CC[C@H]1CCc2c(sc(NC(=O)c3c(F)c(F)c(F)c(F)c3F)c2C(=O)OC)C1. The van der Waals surface area contributed by atoms with Gasteiger partial charge in [0.2, 0.25) is 5.82 Å². The lowest BCUT2D eigenvalue weighted by Gasteiger charge is -2.20. The van der Waals surface area contributed by atoms with Crippen molar-refractivity contribution in [3.63, 3.8) is 0 Å². The number of hydrogen-bond acceptors (Lipinski definition) is 4. The first kappa shape index (κ1) is 21.2. The maximum Gasteiger partial charge on any atom is 0.341 e. The van der Waals surface area contributed by atoms with Crippen LogP contribution in [0.1, 0.15) is 50.9 Å². The number of ether oxygens (including phenoxy) is 1. The van der Waals surface area contributed by atoms with E-state index >= 15 is 0 Å². The molecule has 1 heterocycles. The fraction of sp³-hybridized carbons (Fsp3) is 0.368. The lowest BCUT2D eigenvalue weighted by molar-refractivity contribution is 0.0600. The Labute approximate surface area is 166 Å².